The van der Waals surface area contributed by atoms with E-state index in [9.17, 15) is 39.0 Å². The Balaban J connectivity index is 2.54. The number of nitrogens with one attached hydrogen (secondary N) is 2. The first-order chi connectivity index (χ1) is 20.2. The molecule has 2 heterocycles. The smallest absolute Gasteiger partial charge is 0.308 e. The quantitative estimate of drug-likeness (QED) is 0.274. The van der Waals surface area contributed by atoms with Gasteiger partial charge in [0.05, 0.1) is 19.1 Å². The number of hydrogen-bond donors (Lipinski definition) is 4. The average molecular weight is 612 g/mol. The van der Waals surface area contributed by atoms with Crippen LogP contribution in [0.4, 0.5) is 0 Å². The Morgan fingerprint density at radius 3 is 2.21 bits per heavy atom. The van der Waals surface area contributed by atoms with Gasteiger partial charge in [-0.15, -0.1) is 0 Å². The first-order valence-corrected chi connectivity index (χ1v) is 15.1. The zero-order valence-electron chi connectivity index (χ0n) is 26.4. The predicted octanol–water partition coefficient (Wildman–Crippen LogP) is -0.987. The summed E-state index contributed by atoms with van der Waals surface area (Å²) in [5.74, 6) is -4.22. The summed E-state index contributed by atoms with van der Waals surface area (Å²) >= 11 is 0. The van der Waals surface area contributed by atoms with E-state index in [0.29, 0.717) is 19.3 Å². The van der Waals surface area contributed by atoms with Crippen LogP contribution in [0.2, 0.25) is 0 Å². The molecule has 5 amide bonds. The van der Waals surface area contributed by atoms with Gasteiger partial charge in [-0.3, -0.25) is 28.8 Å². The van der Waals surface area contributed by atoms with E-state index in [4.69, 9.17) is 4.74 Å². The van der Waals surface area contributed by atoms with Crippen molar-refractivity contribution in [2.75, 3.05) is 33.8 Å². The lowest BCUT2D eigenvalue weighted by molar-refractivity contribution is -0.163. The number of likely N-dealkylation sites (N-methyl/N-ethyl adjacent to an activating group) is 2. The highest BCUT2D eigenvalue weighted by Crippen LogP contribution is 2.23. The molecule has 0 aliphatic carbocycles. The number of ether oxygens (including phenoxy) is 1. The Hall–Kier alpha value is -3.26. The highest BCUT2D eigenvalue weighted by molar-refractivity contribution is 5.96. The number of carbonyl (C=O) groups is 6. The summed E-state index contributed by atoms with van der Waals surface area (Å²) in [5, 5.41) is 24.8. The van der Waals surface area contributed by atoms with Gasteiger partial charge in [0.25, 0.3) is 5.91 Å². The second-order valence-corrected chi connectivity index (χ2v) is 11.9. The molecule has 0 aromatic heterocycles. The summed E-state index contributed by atoms with van der Waals surface area (Å²) in [6.45, 7) is 8.14. The number of rotatable bonds is 6. The maximum Gasteiger partial charge on any atom is 0.308 e. The van der Waals surface area contributed by atoms with E-state index < -0.39 is 84.9 Å². The third-order valence-corrected chi connectivity index (χ3v) is 8.45. The lowest BCUT2D eigenvalue weighted by Gasteiger charge is -2.38. The fraction of sp³-hybridized carbons (Fsp3) is 0.793. The van der Waals surface area contributed by atoms with Crippen molar-refractivity contribution in [2.45, 2.75) is 103 Å². The van der Waals surface area contributed by atoms with Crippen LogP contribution in [0, 0.1) is 11.8 Å². The van der Waals surface area contributed by atoms with Crippen molar-refractivity contribution in [3.63, 3.8) is 0 Å². The second kappa shape index (κ2) is 16.0. The topological polar surface area (TPSA) is 186 Å². The van der Waals surface area contributed by atoms with Gasteiger partial charge in [0.15, 0.2) is 6.10 Å². The van der Waals surface area contributed by atoms with Gasteiger partial charge in [0.2, 0.25) is 23.6 Å². The molecular formula is C29H49N5O9. The van der Waals surface area contributed by atoms with Gasteiger partial charge in [-0.1, -0.05) is 34.1 Å². The Kier molecular flexibility index (Phi) is 13.4. The molecule has 2 fully saturated rings. The van der Waals surface area contributed by atoms with E-state index in [1.54, 1.807) is 20.8 Å². The lowest BCUT2D eigenvalue weighted by atomic mass is 9.94. The fourth-order valence-corrected chi connectivity index (χ4v) is 5.42. The number of esters is 1. The first-order valence-electron chi connectivity index (χ1n) is 15.1. The Labute approximate surface area is 253 Å². The average Bonchev–Trinajstić information content (AvgIpc) is 3.46. The van der Waals surface area contributed by atoms with E-state index in [1.165, 1.54) is 35.7 Å². The SMILES string of the molecule is CC[C@@H](C)[C@H]1NC(=O)[C@H]2CCCN2C(=O)[C@@H](C[C@H](O)CO)OC(=O)CCNC(=O)[C@@H](C)N(C)C(=O)[C@@H](C(C)C)N(C)C1=O. The van der Waals surface area contributed by atoms with Crippen LogP contribution in [0.5, 0.6) is 0 Å². The van der Waals surface area contributed by atoms with Crippen molar-refractivity contribution < 1.29 is 43.7 Å². The van der Waals surface area contributed by atoms with Crippen molar-refractivity contribution in [2.24, 2.45) is 11.8 Å². The number of amides is 5. The van der Waals surface area contributed by atoms with E-state index in [-0.39, 0.29) is 31.3 Å². The Morgan fingerprint density at radius 2 is 1.63 bits per heavy atom. The number of carbonyl (C=O) groups excluding carboxylic acids is 6. The fourth-order valence-electron chi connectivity index (χ4n) is 5.42. The Bertz CT molecular complexity index is 1040. The molecule has 43 heavy (non-hydrogen) atoms. The number of cyclic esters (lactones) is 1. The molecule has 14 nitrogen and oxygen atoms in total. The molecule has 0 saturated carbocycles. The van der Waals surface area contributed by atoms with Gasteiger partial charge in [-0.25, -0.2) is 0 Å². The van der Waals surface area contributed by atoms with Crippen LogP contribution in [0.1, 0.15) is 66.7 Å². The maximum atomic E-state index is 13.9. The minimum Gasteiger partial charge on any atom is -0.452 e. The molecule has 0 radical (unpaired) electrons. The molecule has 244 valence electrons. The first kappa shape index (κ1) is 35.9. The number of nitrogens with zero attached hydrogens (tertiary/aromatic N) is 3. The van der Waals surface area contributed by atoms with Crippen LogP contribution in [0.15, 0.2) is 0 Å². The molecule has 0 aromatic carbocycles. The van der Waals surface area contributed by atoms with Gasteiger partial charge in [-0.05, 0) is 31.6 Å². The van der Waals surface area contributed by atoms with Crippen LogP contribution in [0.25, 0.3) is 0 Å². The summed E-state index contributed by atoms with van der Waals surface area (Å²) in [7, 11) is 2.96. The van der Waals surface area contributed by atoms with E-state index in [0.717, 1.165) is 0 Å². The molecule has 2 saturated heterocycles. The lowest BCUT2D eigenvalue weighted by Crippen LogP contribution is -2.60. The van der Waals surface area contributed by atoms with E-state index >= 15 is 0 Å². The van der Waals surface area contributed by atoms with Crippen molar-refractivity contribution in [3.05, 3.63) is 0 Å². The highest BCUT2D eigenvalue weighted by Gasteiger charge is 2.43. The van der Waals surface area contributed by atoms with Gasteiger partial charge in [0, 0.05) is 33.6 Å². The molecule has 0 unspecified atom stereocenters. The summed E-state index contributed by atoms with van der Waals surface area (Å²) in [6, 6.07) is -3.84. The minimum atomic E-state index is -1.48. The zero-order chi connectivity index (χ0) is 32.6. The Morgan fingerprint density at radius 1 is 0.977 bits per heavy atom. The number of hydrogen-bond acceptors (Lipinski definition) is 9. The van der Waals surface area contributed by atoms with Crippen molar-refractivity contribution in [1.29, 1.82) is 0 Å². The van der Waals surface area contributed by atoms with E-state index in [2.05, 4.69) is 10.6 Å². The summed E-state index contributed by atoms with van der Waals surface area (Å²) in [5.41, 5.74) is 0. The van der Waals surface area contributed by atoms with Gasteiger partial charge >= 0.3 is 5.97 Å². The molecule has 0 aromatic rings. The third kappa shape index (κ3) is 8.88. The summed E-state index contributed by atoms with van der Waals surface area (Å²) < 4.78 is 5.38. The molecule has 7 atom stereocenters. The maximum absolute atomic E-state index is 13.9. The van der Waals surface area contributed by atoms with Crippen molar-refractivity contribution in [1.82, 2.24) is 25.3 Å². The largest absolute Gasteiger partial charge is 0.452 e. The third-order valence-electron chi connectivity index (χ3n) is 8.45. The molecule has 0 spiro atoms. The minimum absolute atomic E-state index is 0.148. The summed E-state index contributed by atoms with van der Waals surface area (Å²) in [6.07, 6.45) is -2.21. The standard InChI is InChI=1S/C29H49N5O9/c1-8-17(4)23-28(41)33(7)24(16(2)3)29(42)32(6)18(5)25(38)30-12-11-22(37)43-21(14-19(36)15-35)27(40)34-13-9-10-20(34)26(39)31-23/h16-21,23-24,35-36H,8-15H2,1-7H3,(H,30,38)(H,31,39)/t17-,18-,19+,20-,21-,23-,24-/m1/s1. The number of aliphatic hydroxyl groups excluding tert-OH is 2. The molecule has 2 rings (SSSR count). The monoisotopic (exact) mass is 611 g/mol. The molecule has 0 bridgehead atoms. The number of aliphatic hydroxyl groups is 2. The van der Waals surface area contributed by atoms with Gasteiger partial charge in [-0.2, -0.15) is 0 Å². The van der Waals surface area contributed by atoms with Crippen LogP contribution in [-0.2, 0) is 33.5 Å². The summed E-state index contributed by atoms with van der Waals surface area (Å²) in [4.78, 5) is 84.1. The normalized spacial score (nSPS) is 28.9. The zero-order valence-corrected chi connectivity index (χ0v) is 26.4. The highest BCUT2D eigenvalue weighted by atomic mass is 16.5. The molecule has 4 N–H and O–H groups in total. The van der Waals surface area contributed by atoms with Crippen LogP contribution in [0.3, 0.4) is 0 Å². The molecule has 2 aliphatic rings. The van der Waals surface area contributed by atoms with Crippen molar-refractivity contribution >= 4 is 35.5 Å². The molecular weight excluding hydrogens is 562 g/mol. The molecule has 2 aliphatic heterocycles. The van der Waals surface area contributed by atoms with E-state index in [1.807, 2.05) is 6.92 Å². The van der Waals surface area contributed by atoms with Crippen LogP contribution < -0.4 is 10.6 Å². The number of fused-ring (bicyclic) bond motifs is 1. The van der Waals surface area contributed by atoms with Gasteiger partial charge < -0.3 is 40.3 Å². The molecule has 14 heteroatoms. The van der Waals surface area contributed by atoms with Crippen LogP contribution in [-0.4, -0.2) is 131 Å². The predicted molar refractivity (Wildman–Crippen MR) is 155 cm³/mol. The second-order valence-electron chi connectivity index (χ2n) is 11.9. The van der Waals surface area contributed by atoms with Crippen molar-refractivity contribution in [3.8, 4) is 0 Å². The van der Waals surface area contributed by atoms with Crippen LogP contribution >= 0.6 is 0 Å². The van der Waals surface area contributed by atoms with Gasteiger partial charge in [0.1, 0.15) is 24.2 Å².